The summed E-state index contributed by atoms with van der Waals surface area (Å²) in [6.07, 6.45) is 1.40. The largest absolute Gasteiger partial charge is 0.508 e. The molecule has 1 aliphatic rings. The molecule has 0 bridgehead atoms. The molecule has 2 aromatic carbocycles. The van der Waals surface area contributed by atoms with Crippen LogP contribution in [0.4, 0.5) is 4.79 Å². The van der Waals surface area contributed by atoms with Crippen molar-refractivity contribution in [2.45, 2.75) is 115 Å². The number of aromatic hydroxyl groups is 1. The summed E-state index contributed by atoms with van der Waals surface area (Å²) in [7, 11) is 1.42. The van der Waals surface area contributed by atoms with E-state index in [1.165, 1.54) is 24.9 Å². The van der Waals surface area contributed by atoms with Crippen molar-refractivity contribution in [3.05, 3.63) is 65.2 Å². The summed E-state index contributed by atoms with van der Waals surface area (Å²) in [6, 6.07) is 6.05. The molecule has 1 saturated heterocycles. The van der Waals surface area contributed by atoms with E-state index in [0.717, 1.165) is 11.1 Å². The third kappa shape index (κ3) is 15.9. The van der Waals surface area contributed by atoms with Gasteiger partial charge in [-0.05, 0) is 87.5 Å². The number of hydrogen-bond donors (Lipinski definition) is 10. The number of phenolic OH excluding ortho intramolecular Hbond substituents is 1. The fraction of sp³-hybridized carbons (Fsp3) is 0.524. The van der Waals surface area contributed by atoms with Crippen LogP contribution in [0.2, 0.25) is 0 Å². The monoisotopic (exact) mass is 850 g/mol. The number of carboxylic acid groups (broad SMARTS) is 1. The minimum atomic E-state index is -1.34. The summed E-state index contributed by atoms with van der Waals surface area (Å²) in [5.41, 5.74) is 12.9. The zero-order chi connectivity index (χ0) is 45.2. The van der Waals surface area contributed by atoms with E-state index < -0.39 is 83.7 Å². The molecule has 0 unspecified atom stereocenters. The number of guanidine groups is 1. The van der Waals surface area contributed by atoms with Gasteiger partial charge < -0.3 is 58.5 Å². The first-order chi connectivity index (χ1) is 28.9. The number of likely N-dealkylation sites (N-methyl/N-ethyl adjacent to an activating group) is 1. The van der Waals surface area contributed by atoms with Gasteiger partial charge >= 0.3 is 12.0 Å². The number of amides is 7. The predicted molar refractivity (Wildman–Crippen MR) is 228 cm³/mol. The van der Waals surface area contributed by atoms with Gasteiger partial charge in [0.05, 0.1) is 0 Å². The number of hydrogen-bond acceptors (Lipinski definition) is 9. The number of benzene rings is 2. The Balaban J connectivity index is 1.96. The number of nitrogens with one attached hydrogen (secondary N) is 6. The van der Waals surface area contributed by atoms with Crippen molar-refractivity contribution in [1.29, 1.82) is 0 Å². The van der Waals surface area contributed by atoms with Crippen LogP contribution < -0.4 is 43.4 Å². The lowest BCUT2D eigenvalue weighted by atomic mass is 9.99. The van der Waals surface area contributed by atoms with Gasteiger partial charge in [0, 0.05) is 26.6 Å². The van der Waals surface area contributed by atoms with Crippen molar-refractivity contribution in [3.63, 3.8) is 0 Å². The Hall–Kier alpha value is -6.40. The van der Waals surface area contributed by atoms with Crippen LogP contribution in [0.3, 0.4) is 0 Å². The maximum atomic E-state index is 14.2. The molecule has 19 nitrogen and oxygen atoms in total. The molecule has 3 rings (SSSR count). The van der Waals surface area contributed by atoms with Crippen LogP contribution in [0.5, 0.6) is 5.75 Å². The molecule has 1 fully saturated rings. The van der Waals surface area contributed by atoms with Gasteiger partial charge in [-0.3, -0.25) is 29.0 Å². The molecule has 0 radical (unpaired) electrons. The minimum absolute atomic E-state index is 0.0163. The highest BCUT2D eigenvalue weighted by Crippen LogP contribution is 2.19. The summed E-state index contributed by atoms with van der Waals surface area (Å²) >= 11 is 0. The predicted octanol–water partition coefficient (Wildman–Crippen LogP) is 0.308. The maximum Gasteiger partial charge on any atom is 0.326 e. The van der Waals surface area contributed by atoms with Crippen molar-refractivity contribution in [1.82, 2.24) is 36.8 Å². The summed E-state index contributed by atoms with van der Waals surface area (Å²) in [4.78, 5) is 99.8. The number of carbonyl (C=O) groups excluding carboxylic acids is 6. The second-order valence-corrected chi connectivity index (χ2v) is 15.6. The number of aliphatic imine (C=N–C) groups is 1. The highest BCUT2D eigenvalue weighted by atomic mass is 16.4. The molecule has 1 aliphatic heterocycles. The molecule has 61 heavy (non-hydrogen) atoms. The van der Waals surface area contributed by atoms with E-state index >= 15 is 0 Å². The Morgan fingerprint density at radius 3 is 2.25 bits per heavy atom. The van der Waals surface area contributed by atoms with Crippen molar-refractivity contribution in [2.24, 2.45) is 22.4 Å². The Bertz CT molecular complexity index is 1870. The lowest BCUT2D eigenvalue weighted by Gasteiger charge is -2.31. The van der Waals surface area contributed by atoms with Crippen LogP contribution >= 0.6 is 0 Å². The molecular weight excluding hydrogens is 789 g/mol. The van der Waals surface area contributed by atoms with Crippen LogP contribution in [0.25, 0.3) is 0 Å². The summed E-state index contributed by atoms with van der Waals surface area (Å²) in [5.74, 6) is -5.00. The number of carbonyl (C=O) groups is 7. The summed E-state index contributed by atoms with van der Waals surface area (Å²) in [6.45, 7) is 6.91. The number of phenols is 1. The third-order valence-electron chi connectivity index (χ3n) is 10.5. The van der Waals surface area contributed by atoms with Gasteiger partial charge in [0.1, 0.15) is 42.0 Å². The van der Waals surface area contributed by atoms with E-state index in [9.17, 15) is 43.8 Å². The number of carboxylic acids is 1. The topological polar surface area (TPSA) is 300 Å². The fourth-order valence-corrected chi connectivity index (χ4v) is 6.65. The quantitative estimate of drug-likeness (QED) is 0.0743. The van der Waals surface area contributed by atoms with E-state index in [-0.39, 0.29) is 63.3 Å². The standard InChI is InChI=1S/C42H62N10O9/c1-24(2)34-38(57)47-30(18-16-28-17-19-33(53)25(3)22-28)39(58)52(5)26(4)35(54)48-32(23-27-12-7-6-8-13-27)36(55)45-20-10-9-14-29(37(56)51-34)49-42(61)50-31(40(59)60)15-11-21-46-41(43)44/h6-8,12-13,17,19,22,24,26,29-32,34,53H,9-11,14-16,18,20-21,23H2,1-5H3,(H,45,55)(H,47,57)(H,48,54)(H,51,56)(H,59,60)(H4,43,44,46)(H2,49,50,61)/t26-,29+,30-,31+,32-,34-/m0/s1. The van der Waals surface area contributed by atoms with Gasteiger partial charge in [-0.25, -0.2) is 9.59 Å². The molecule has 2 aromatic rings. The molecular formula is C42H62N10O9. The summed E-state index contributed by atoms with van der Waals surface area (Å²) < 4.78 is 0. The summed E-state index contributed by atoms with van der Waals surface area (Å²) in [5, 5.41) is 35.9. The first-order valence-electron chi connectivity index (χ1n) is 20.5. The highest BCUT2D eigenvalue weighted by molar-refractivity contribution is 5.96. The van der Waals surface area contributed by atoms with Crippen LogP contribution in [-0.2, 0) is 41.6 Å². The number of aryl methyl sites for hydroxylation is 2. The van der Waals surface area contributed by atoms with Crippen molar-refractivity contribution >= 4 is 47.5 Å². The number of nitrogens with two attached hydrogens (primary N) is 2. The molecule has 0 spiro atoms. The van der Waals surface area contributed by atoms with Gasteiger partial charge in [-0.2, -0.15) is 0 Å². The highest BCUT2D eigenvalue weighted by Gasteiger charge is 2.35. The van der Waals surface area contributed by atoms with Gasteiger partial charge in [0.2, 0.25) is 29.5 Å². The van der Waals surface area contributed by atoms with Crippen LogP contribution in [0, 0.1) is 12.8 Å². The van der Waals surface area contributed by atoms with Crippen LogP contribution in [-0.4, -0.2) is 119 Å². The molecule has 0 aliphatic carbocycles. The average molecular weight is 851 g/mol. The molecule has 19 heteroatoms. The average Bonchev–Trinajstić information content (AvgIpc) is 3.21. The first kappa shape index (κ1) is 49.0. The van der Waals surface area contributed by atoms with E-state index in [1.807, 2.05) is 30.3 Å². The lowest BCUT2D eigenvalue weighted by Crippen LogP contribution is -2.60. The van der Waals surface area contributed by atoms with Gasteiger partial charge in [-0.1, -0.05) is 56.3 Å². The fourth-order valence-electron chi connectivity index (χ4n) is 6.65. The van der Waals surface area contributed by atoms with Crippen LogP contribution in [0.15, 0.2) is 53.5 Å². The number of aliphatic carboxylic acids is 1. The Morgan fingerprint density at radius 1 is 0.918 bits per heavy atom. The second kappa shape index (κ2) is 24.0. The zero-order valence-electron chi connectivity index (χ0n) is 35.5. The number of urea groups is 1. The first-order valence-corrected chi connectivity index (χ1v) is 20.5. The van der Waals surface area contributed by atoms with E-state index in [1.54, 1.807) is 32.9 Å². The lowest BCUT2D eigenvalue weighted by molar-refractivity contribution is -0.142. The van der Waals surface area contributed by atoms with E-state index in [4.69, 9.17) is 11.5 Å². The Kier molecular flexibility index (Phi) is 19.3. The number of nitrogens with zero attached hydrogens (tertiary/aromatic N) is 2. The Morgan fingerprint density at radius 2 is 1.61 bits per heavy atom. The second-order valence-electron chi connectivity index (χ2n) is 15.6. The smallest absolute Gasteiger partial charge is 0.326 e. The molecule has 334 valence electrons. The van der Waals surface area contributed by atoms with Gasteiger partial charge in [0.25, 0.3) is 0 Å². The van der Waals surface area contributed by atoms with Gasteiger partial charge in [0.15, 0.2) is 5.96 Å². The zero-order valence-corrected chi connectivity index (χ0v) is 35.5. The Labute approximate surface area is 356 Å². The molecule has 0 aromatic heterocycles. The molecule has 1 heterocycles. The van der Waals surface area contributed by atoms with Crippen molar-refractivity contribution in [3.8, 4) is 5.75 Å². The van der Waals surface area contributed by atoms with E-state index in [0.29, 0.717) is 18.4 Å². The van der Waals surface area contributed by atoms with Gasteiger partial charge in [-0.15, -0.1) is 0 Å². The van der Waals surface area contributed by atoms with Crippen LogP contribution in [0.1, 0.15) is 76.0 Å². The SMILES string of the molecule is Cc1cc(CC[C@@H]2NC(=O)[C@H](C(C)C)NC(=O)[C@H](NC(=O)N[C@H](CCCN=C(N)N)C(=O)O)CCCCNC(=O)[C@H](Cc3ccccc3)NC(=O)[C@H](C)N(C)C2=O)ccc1O. The molecule has 7 amide bonds. The van der Waals surface area contributed by atoms with E-state index in [2.05, 4.69) is 36.9 Å². The molecule has 0 saturated carbocycles. The maximum absolute atomic E-state index is 14.2. The van der Waals surface area contributed by atoms with Crippen molar-refractivity contribution < 1.29 is 43.8 Å². The van der Waals surface area contributed by atoms with Crippen molar-refractivity contribution in [2.75, 3.05) is 20.1 Å². The normalized spacial score (nSPS) is 21.6. The molecule has 6 atom stereocenters. The third-order valence-corrected chi connectivity index (χ3v) is 10.5. The minimum Gasteiger partial charge on any atom is -0.508 e. The molecule has 12 N–H and O–H groups in total. The number of rotatable bonds is 13.